The number of carboxylic acids is 1. The molecule has 0 fully saturated rings. The van der Waals surface area contributed by atoms with Gasteiger partial charge in [-0.05, 0) is 12.1 Å². The van der Waals surface area contributed by atoms with Gasteiger partial charge in [-0.1, -0.05) is 0 Å². The highest BCUT2D eigenvalue weighted by Gasteiger charge is 2.15. The topological polar surface area (TPSA) is 72.5 Å². The Morgan fingerprint density at radius 3 is 2.69 bits per heavy atom. The number of anilines is 1. The van der Waals surface area contributed by atoms with E-state index in [1.165, 1.54) is 13.2 Å². The number of ether oxygens (including phenoxy) is 1. The summed E-state index contributed by atoms with van der Waals surface area (Å²) in [6, 6.07) is 2.41. The molecule has 0 heterocycles. The van der Waals surface area contributed by atoms with E-state index >= 15 is 0 Å². The molecule has 0 atom stereocenters. The number of aromatic carboxylic acids is 1. The van der Waals surface area contributed by atoms with Crippen LogP contribution < -0.4 is 10.5 Å². The minimum Gasteiger partial charge on any atom is -0.494 e. The van der Waals surface area contributed by atoms with Crippen molar-refractivity contribution in [2.45, 2.75) is 0 Å². The zero-order valence-electron chi connectivity index (χ0n) is 6.87. The third-order valence-electron chi connectivity index (χ3n) is 1.59. The van der Waals surface area contributed by atoms with Gasteiger partial charge in [0.2, 0.25) is 0 Å². The number of hydrogen-bond acceptors (Lipinski definition) is 3. The number of halogens is 1. The molecule has 0 aliphatic heterocycles. The van der Waals surface area contributed by atoms with E-state index < -0.39 is 17.3 Å². The summed E-state index contributed by atoms with van der Waals surface area (Å²) in [7, 11) is 1.32. The Hall–Kier alpha value is -1.78. The molecule has 5 heteroatoms. The standard InChI is InChI=1S/C8H8FNO3/c1-13-5-3-2-4(8(11)12)6(9)7(5)10/h2-3H,10H2,1H3,(H,11,12). The van der Waals surface area contributed by atoms with Gasteiger partial charge in [0.1, 0.15) is 11.4 Å². The van der Waals surface area contributed by atoms with Gasteiger partial charge in [0.15, 0.2) is 5.82 Å². The zero-order valence-corrected chi connectivity index (χ0v) is 6.87. The largest absolute Gasteiger partial charge is 0.494 e. The molecule has 0 bridgehead atoms. The van der Waals surface area contributed by atoms with Crippen molar-refractivity contribution in [1.29, 1.82) is 0 Å². The molecule has 0 saturated heterocycles. The van der Waals surface area contributed by atoms with Crippen molar-refractivity contribution in [1.82, 2.24) is 0 Å². The molecule has 4 nitrogen and oxygen atoms in total. The maximum atomic E-state index is 13.1. The number of hydrogen-bond donors (Lipinski definition) is 2. The van der Waals surface area contributed by atoms with E-state index in [-0.39, 0.29) is 11.4 Å². The van der Waals surface area contributed by atoms with Crippen LogP contribution in [0.25, 0.3) is 0 Å². The van der Waals surface area contributed by atoms with E-state index in [9.17, 15) is 9.18 Å². The molecule has 1 aromatic rings. The fourth-order valence-corrected chi connectivity index (χ4v) is 0.918. The van der Waals surface area contributed by atoms with Crippen LogP contribution in [0, 0.1) is 5.82 Å². The first-order chi connectivity index (χ1) is 6.07. The predicted molar refractivity (Wildman–Crippen MR) is 44.3 cm³/mol. The number of nitrogen functional groups attached to an aromatic ring is 1. The molecule has 1 aromatic carbocycles. The lowest BCUT2D eigenvalue weighted by molar-refractivity contribution is 0.0692. The van der Waals surface area contributed by atoms with Crippen molar-refractivity contribution in [2.75, 3.05) is 12.8 Å². The van der Waals surface area contributed by atoms with Crippen molar-refractivity contribution in [2.24, 2.45) is 0 Å². The fourth-order valence-electron chi connectivity index (χ4n) is 0.918. The van der Waals surface area contributed by atoms with Gasteiger partial charge in [-0.3, -0.25) is 0 Å². The van der Waals surface area contributed by atoms with Crippen LogP contribution in [0.3, 0.4) is 0 Å². The molecule has 0 aliphatic carbocycles. The Morgan fingerprint density at radius 1 is 1.62 bits per heavy atom. The van der Waals surface area contributed by atoms with E-state index in [0.29, 0.717) is 0 Å². The van der Waals surface area contributed by atoms with Crippen molar-refractivity contribution < 1.29 is 19.0 Å². The van der Waals surface area contributed by atoms with E-state index in [1.54, 1.807) is 0 Å². The van der Waals surface area contributed by atoms with Crippen molar-refractivity contribution in [3.05, 3.63) is 23.5 Å². The average Bonchev–Trinajstić information content (AvgIpc) is 2.09. The summed E-state index contributed by atoms with van der Waals surface area (Å²) in [5.74, 6) is -2.19. The third-order valence-corrected chi connectivity index (χ3v) is 1.59. The molecule has 0 aromatic heterocycles. The molecule has 13 heavy (non-hydrogen) atoms. The highest BCUT2D eigenvalue weighted by Crippen LogP contribution is 2.26. The van der Waals surface area contributed by atoms with Crippen LogP contribution in [0.5, 0.6) is 5.75 Å². The lowest BCUT2D eigenvalue weighted by Crippen LogP contribution is -2.05. The number of methoxy groups -OCH3 is 1. The lowest BCUT2D eigenvalue weighted by atomic mass is 10.2. The van der Waals surface area contributed by atoms with Crippen LogP contribution in [0.2, 0.25) is 0 Å². The van der Waals surface area contributed by atoms with Gasteiger partial charge in [0, 0.05) is 0 Å². The van der Waals surface area contributed by atoms with E-state index in [1.807, 2.05) is 0 Å². The third kappa shape index (κ3) is 1.53. The minimum absolute atomic E-state index is 0.127. The summed E-state index contributed by atoms with van der Waals surface area (Å²) in [5.41, 5.74) is 4.52. The van der Waals surface area contributed by atoms with Crippen LogP contribution in [0.4, 0.5) is 10.1 Å². The van der Waals surface area contributed by atoms with Gasteiger partial charge in [-0.25, -0.2) is 9.18 Å². The summed E-state index contributed by atoms with van der Waals surface area (Å²) in [5, 5.41) is 8.52. The molecule has 0 radical (unpaired) electrons. The summed E-state index contributed by atoms with van der Waals surface area (Å²) in [4.78, 5) is 10.4. The molecule has 0 aliphatic rings. The van der Waals surface area contributed by atoms with Gasteiger partial charge < -0.3 is 15.6 Å². The van der Waals surface area contributed by atoms with E-state index in [0.717, 1.165) is 6.07 Å². The van der Waals surface area contributed by atoms with Crippen LogP contribution in [-0.2, 0) is 0 Å². The molecule has 70 valence electrons. The number of carbonyl (C=O) groups is 1. The molecule has 3 N–H and O–H groups in total. The first-order valence-electron chi connectivity index (χ1n) is 3.43. The molecule has 0 saturated carbocycles. The van der Waals surface area contributed by atoms with Crippen molar-refractivity contribution >= 4 is 11.7 Å². The second-order valence-corrected chi connectivity index (χ2v) is 2.35. The predicted octanol–water partition coefficient (Wildman–Crippen LogP) is 1.11. The van der Waals surface area contributed by atoms with Crippen LogP contribution in [0.15, 0.2) is 12.1 Å². The normalized spacial score (nSPS) is 9.69. The number of nitrogens with two attached hydrogens (primary N) is 1. The van der Waals surface area contributed by atoms with Gasteiger partial charge in [-0.15, -0.1) is 0 Å². The SMILES string of the molecule is COc1ccc(C(=O)O)c(F)c1N. The lowest BCUT2D eigenvalue weighted by Gasteiger charge is -2.06. The van der Waals surface area contributed by atoms with Crippen LogP contribution in [-0.4, -0.2) is 18.2 Å². The Morgan fingerprint density at radius 2 is 2.23 bits per heavy atom. The Labute approximate surface area is 73.7 Å². The zero-order chi connectivity index (χ0) is 10.0. The second kappa shape index (κ2) is 3.30. The summed E-state index contributed by atoms with van der Waals surface area (Å²) < 4.78 is 17.8. The fraction of sp³-hybridized carbons (Fsp3) is 0.125. The maximum Gasteiger partial charge on any atom is 0.338 e. The average molecular weight is 185 g/mol. The molecule has 1 rings (SSSR count). The number of rotatable bonds is 2. The highest BCUT2D eigenvalue weighted by atomic mass is 19.1. The van der Waals surface area contributed by atoms with E-state index in [2.05, 4.69) is 0 Å². The van der Waals surface area contributed by atoms with Gasteiger partial charge in [0.05, 0.1) is 12.7 Å². The Bertz CT molecular complexity index is 351. The molecule has 0 unspecified atom stereocenters. The first-order valence-corrected chi connectivity index (χ1v) is 3.43. The van der Waals surface area contributed by atoms with Gasteiger partial charge in [-0.2, -0.15) is 0 Å². The van der Waals surface area contributed by atoms with Crippen LogP contribution in [0.1, 0.15) is 10.4 Å². The molecule has 0 amide bonds. The number of benzene rings is 1. The summed E-state index contributed by atoms with van der Waals surface area (Å²) >= 11 is 0. The molecular formula is C8H8FNO3. The van der Waals surface area contributed by atoms with Crippen LogP contribution >= 0.6 is 0 Å². The van der Waals surface area contributed by atoms with Crippen molar-refractivity contribution in [3.8, 4) is 5.75 Å². The minimum atomic E-state index is -1.35. The Balaban J connectivity index is 3.31. The van der Waals surface area contributed by atoms with Gasteiger partial charge in [0.25, 0.3) is 0 Å². The highest BCUT2D eigenvalue weighted by molar-refractivity contribution is 5.89. The monoisotopic (exact) mass is 185 g/mol. The van der Waals surface area contributed by atoms with E-state index in [4.69, 9.17) is 15.6 Å². The molecular weight excluding hydrogens is 177 g/mol. The number of carboxylic acid groups (broad SMARTS) is 1. The maximum absolute atomic E-state index is 13.1. The first kappa shape index (κ1) is 9.31. The van der Waals surface area contributed by atoms with Crippen molar-refractivity contribution in [3.63, 3.8) is 0 Å². The quantitative estimate of drug-likeness (QED) is 0.677. The van der Waals surface area contributed by atoms with Gasteiger partial charge >= 0.3 is 5.97 Å². The smallest absolute Gasteiger partial charge is 0.338 e. The Kier molecular flexibility index (Phi) is 2.36. The second-order valence-electron chi connectivity index (χ2n) is 2.35. The summed E-state index contributed by atoms with van der Waals surface area (Å²) in [6.45, 7) is 0. The summed E-state index contributed by atoms with van der Waals surface area (Å²) in [6.07, 6.45) is 0. The molecule has 0 spiro atoms.